The Morgan fingerprint density at radius 2 is 1.94 bits per heavy atom. The van der Waals surface area contributed by atoms with Crippen molar-refractivity contribution in [3.05, 3.63) is 33.4 Å². The van der Waals surface area contributed by atoms with Crippen molar-refractivity contribution in [1.82, 2.24) is 0 Å². The molecule has 92 valence electrons. The molecule has 2 rings (SSSR count). The summed E-state index contributed by atoms with van der Waals surface area (Å²) in [5.74, 6) is -0.709. The van der Waals surface area contributed by atoms with Crippen LogP contribution in [0.25, 0.3) is 0 Å². The van der Waals surface area contributed by atoms with E-state index < -0.39 is 26.1 Å². The van der Waals surface area contributed by atoms with Crippen LogP contribution in [-0.2, 0) is 10.9 Å². The van der Waals surface area contributed by atoms with Crippen molar-refractivity contribution in [1.29, 1.82) is 0 Å². The second kappa shape index (κ2) is 4.29. The Hall–Kier alpha value is -1.11. The van der Waals surface area contributed by atoms with E-state index in [2.05, 4.69) is 0 Å². The van der Waals surface area contributed by atoms with Gasteiger partial charge in [0.15, 0.2) is 0 Å². The van der Waals surface area contributed by atoms with E-state index in [4.69, 9.17) is 6.13 Å². The number of hydrogen-bond acceptors (Lipinski definition) is 4. The van der Waals surface area contributed by atoms with Gasteiger partial charge < -0.3 is 0 Å². The van der Waals surface area contributed by atoms with Crippen LogP contribution in [0.4, 0.5) is 0 Å². The third-order valence-corrected chi connectivity index (χ3v) is 5.64. The zero-order valence-corrected chi connectivity index (χ0v) is 12.0. The van der Waals surface area contributed by atoms with E-state index in [1.807, 2.05) is 6.07 Å². The molecule has 0 atom stereocenters. The monoisotopic (exact) mass is 348 g/mol. The van der Waals surface area contributed by atoms with E-state index >= 15 is 0 Å². The summed E-state index contributed by atoms with van der Waals surface area (Å²) >= 11 is -2.58. The van der Waals surface area contributed by atoms with Gasteiger partial charge >= 0.3 is 108 Å². The second-order valence-corrected chi connectivity index (χ2v) is 7.96. The van der Waals surface area contributed by atoms with Gasteiger partial charge in [0, 0.05) is 0 Å². The first-order valence-corrected chi connectivity index (χ1v) is 7.98. The Morgan fingerprint density at radius 1 is 1.29 bits per heavy atom. The molecule has 4 nitrogen and oxygen atoms in total. The molecule has 0 saturated heterocycles. The van der Waals surface area contributed by atoms with Gasteiger partial charge in [0.2, 0.25) is 0 Å². The number of hydrogen-bond donors (Lipinski definition) is 0. The van der Waals surface area contributed by atoms with Crippen LogP contribution in [0.15, 0.2) is 24.3 Å². The van der Waals surface area contributed by atoms with Crippen molar-refractivity contribution in [2.75, 3.05) is 0 Å². The average molecular weight is 348 g/mol. The number of rotatable bonds is 1. The first-order valence-electron chi connectivity index (χ1n) is 5.14. The van der Waals surface area contributed by atoms with Crippen molar-refractivity contribution >= 4 is 32.6 Å². The number of fused-ring (bicyclic) bond motifs is 1. The van der Waals surface area contributed by atoms with Crippen molar-refractivity contribution in [2.24, 2.45) is 5.41 Å². The van der Waals surface area contributed by atoms with Crippen molar-refractivity contribution in [3.63, 3.8) is 0 Å². The maximum atomic E-state index is 11.8. The zero-order valence-electron chi connectivity index (χ0n) is 9.82. The van der Waals surface area contributed by atoms with Crippen LogP contribution in [0, 0.1) is 8.99 Å². The average Bonchev–Trinajstić information content (AvgIpc) is 2.56. The van der Waals surface area contributed by atoms with Crippen molar-refractivity contribution in [3.8, 4) is 0 Å². The minimum absolute atomic E-state index is 0.327. The topological polar surface area (TPSA) is 52.6 Å². The Labute approximate surface area is 108 Å². The first-order chi connectivity index (χ1) is 7.89. The first kappa shape index (κ1) is 12.3. The molecule has 17 heavy (non-hydrogen) atoms. The molecule has 0 bridgehead atoms. The van der Waals surface area contributed by atoms with E-state index in [1.165, 1.54) is 0 Å². The summed E-state index contributed by atoms with van der Waals surface area (Å²) in [6.45, 7) is 5.32. The van der Waals surface area contributed by atoms with Crippen LogP contribution in [0.5, 0.6) is 0 Å². The normalized spacial score (nSPS) is 16.4. The molecule has 1 aliphatic rings. The van der Waals surface area contributed by atoms with Gasteiger partial charge in [-0.15, -0.1) is 0 Å². The zero-order chi connectivity index (χ0) is 12.6. The molecule has 0 fully saturated rings. The van der Waals surface area contributed by atoms with Crippen LogP contribution in [0.2, 0.25) is 0 Å². The van der Waals surface area contributed by atoms with Gasteiger partial charge in [-0.2, -0.15) is 0 Å². The third kappa shape index (κ3) is 2.43. The molecule has 0 amide bonds. The molecule has 0 saturated carbocycles. The van der Waals surface area contributed by atoms with E-state index in [9.17, 15) is 9.59 Å². The van der Waals surface area contributed by atoms with Crippen molar-refractivity contribution in [2.45, 2.75) is 20.8 Å². The van der Waals surface area contributed by atoms with Crippen LogP contribution in [0.3, 0.4) is 0 Å². The number of halogens is 1. The molecule has 0 N–H and O–H groups in total. The number of carbonyl (C=O) groups excluding carboxylic acids is 2. The van der Waals surface area contributed by atoms with Gasteiger partial charge in [-0.1, -0.05) is 0 Å². The van der Waals surface area contributed by atoms with Gasteiger partial charge in [0.25, 0.3) is 0 Å². The molecule has 0 spiro atoms. The molecule has 1 heterocycles. The number of benzene rings is 1. The van der Waals surface area contributed by atoms with Gasteiger partial charge in [-0.3, -0.25) is 0 Å². The third-order valence-electron chi connectivity index (χ3n) is 2.15. The fourth-order valence-corrected chi connectivity index (χ4v) is 4.71. The molecule has 1 aromatic rings. The molecule has 1 aliphatic heterocycles. The Kier molecular flexibility index (Phi) is 3.11. The van der Waals surface area contributed by atoms with E-state index in [1.54, 1.807) is 39.0 Å². The predicted molar refractivity (Wildman–Crippen MR) is 70.1 cm³/mol. The van der Waals surface area contributed by atoms with Gasteiger partial charge in [-0.25, -0.2) is 0 Å². The summed E-state index contributed by atoms with van der Waals surface area (Å²) in [6.07, 6.45) is 0. The predicted octanol–water partition coefficient (Wildman–Crippen LogP) is 2.95. The SMILES string of the molecule is CC(C)(C)C(=O)OI1OC(=O)c2ccccc21. The minimum atomic E-state index is -2.58. The van der Waals surface area contributed by atoms with Crippen LogP contribution in [-0.4, -0.2) is 11.9 Å². The molecule has 0 aliphatic carbocycles. The van der Waals surface area contributed by atoms with E-state index in [0.29, 0.717) is 5.56 Å². The summed E-state index contributed by atoms with van der Waals surface area (Å²) in [5.41, 5.74) is -0.0547. The standard InChI is InChI=1S/C12H13IO4/c1-12(2,3)11(15)17-13-9-7-5-4-6-8(9)10(14)16-13/h4-7H,1-3H3. The molecule has 1 aromatic carbocycles. The molecule has 5 heteroatoms. The molecular weight excluding hydrogens is 335 g/mol. The molecule has 0 aromatic heterocycles. The Morgan fingerprint density at radius 3 is 2.59 bits per heavy atom. The summed E-state index contributed by atoms with van der Waals surface area (Å²) in [6, 6.07) is 7.07. The van der Waals surface area contributed by atoms with Crippen molar-refractivity contribution < 1.29 is 15.7 Å². The fraction of sp³-hybridized carbons (Fsp3) is 0.333. The van der Waals surface area contributed by atoms with E-state index in [-0.39, 0.29) is 11.9 Å². The summed E-state index contributed by atoms with van der Waals surface area (Å²) in [5, 5.41) is 0. The maximum absolute atomic E-state index is 11.8. The van der Waals surface area contributed by atoms with E-state index in [0.717, 1.165) is 3.57 Å². The fourth-order valence-electron chi connectivity index (χ4n) is 1.14. The van der Waals surface area contributed by atoms with Gasteiger partial charge in [-0.05, 0) is 0 Å². The summed E-state index contributed by atoms with van der Waals surface area (Å²) < 4.78 is 11.3. The van der Waals surface area contributed by atoms with Crippen LogP contribution >= 0.6 is 20.6 Å². The Balaban J connectivity index is 2.21. The number of carbonyl (C=O) groups is 2. The quantitative estimate of drug-likeness (QED) is 0.733. The Bertz CT molecular complexity index is 476. The summed E-state index contributed by atoms with van der Waals surface area (Å²) in [4.78, 5) is 23.3. The molecule has 0 unspecified atom stereocenters. The second-order valence-electron chi connectivity index (χ2n) is 4.68. The summed E-state index contributed by atoms with van der Waals surface area (Å²) in [7, 11) is 0. The van der Waals surface area contributed by atoms with Gasteiger partial charge in [0.05, 0.1) is 0 Å². The van der Waals surface area contributed by atoms with Gasteiger partial charge in [0.1, 0.15) is 0 Å². The van der Waals surface area contributed by atoms with Crippen LogP contribution in [0.1, 0.15) is 31.1 Å². The molecular formula is C12H13IO4. The van der Waals surface area contributed by atoms with Crippen LogP contribution < -0.4 is 0 Å². The molecule has 0 radical (unpaired) electrons.